The van der Waals surface area contributed by atoms with Crippen LogP contribution in [0.3, 0.4) is 0 Å². The Kier molecular flexibility index (Phi) is 8.74. The zero-order valence-corrected chi connectivity index (χ0v) is 19.3. The molecule has 1 N–H and O–H groups in total. The molecule has 0 aliphatic heterocycles. The summed E-state index contributed by atoms with van der Waals surface area (Å²) in [5.74, 6) is 0.0743. The molecule has 0 bridgehead atoms. The summed E-state index contributed by atoms with van der Waals surface area (Å²) in [5.41, 5.74) is 1.31. The lowest BCUT2D eigenvalue weighted by Gasteiger charge is -2.31. The third-order valence-electron chi connectivity index (χ3n) is 4.37. The topological polar surface area (TPSA) is 49.4 Å². The Bertz CT molecular complexity index is 868. The largest absolute Gasteiger partial charge is 0.350 e. The van der Waals surface area contributed by atoms with E-state index in [0.717, 1.165) is 11.1 Å². The molecule has 2 amide bonds. The first-order chi connectivity index (χ1) is 14.1. The van der Waals surface area contributed by atoms with Crippen LogP contribution in [0.5, 0.6) is 0 Å². The van der Waals surface area contributed by atoms with E-state index in [0.29, 0.717) is 10.8 Å². The summed E-state index contributed by atoms with van der Waals surface area (Å²) in [6.45, 7) is 7.61. The summed E-state index contributed by atoms with van der Waals surface area (Å²) in [4.78, 5) is 27.3. The van der Waals surface area contributed by atoms with E-state index in [4.69, 9.17) is 11.6 Å². The van der Waals surface area contributed by atoms with Crippen LogP contribution in [-0.4, -0.2) is 34.0 Å². The molecule has 0 saturated heterocycles. The number of hydrogen-bond acceptors (Lipinski definition) is 3. The lowest BCUT2D eigenvalue weighted by atomic mass is 10.1. The van der Waals surface area contributed by atoms with Gasteiger partial charge in [0.15, 0.2) is 0 Å². The molecule has 4 nitrogen and oxygen atoms in total. The Morgan fingerprint density at radius 2 is 1.77 bits per heavy atom. The highest BCUT2D eigenvalue weighted by Gasteiger charge is 2.28. The van der Waals surface area contributed by atoms with Crippen molar-refractivity contribution in [1.29, 1.82) is 0 Å². The summed E-state index contributed by atoms with van der Waals surface area (Å²) in [5, 5.41) is 3.59. The number of thioether (sulfide) groups is 1. The maximum absolute atomic E-state index is 13.3. The first-order valence-electron chi connectivity index (χ1n) is 9.74. The first kappa shape index (κ1) is 24.2. The molecule has 0 aliphatic rings. The van der Waals surface area contributed by atoms with Gasteiger partial charge in [0.2, 0.25) is 11.8 Å². The molecule has 0 spiro atoms. The van der Waals surface area contributed by atoms with Crippen LogP contribution < -0.4 is 5.32 Å². The van der Waals surface area contributed by atoms with E-state index in [2.05, 4.69) is 5.32 Å². The molecule has 2 aromatic carbocycles. The van der Waals surface area contributed by atoms with Crippen LogP contribution in [0.25, 0.3) is 0 Å². The quantitative estimate of drug-likeness (QED) is 0.612. The van der Waals surface area contributed by atoms with Gasteiger partial charge in [-0.3, -0.25) is 9.59 Å². The molecule has 7 heteroatoms. The van der Waals surface area contributed by atoms with Crippen LogP contribution in [0.1, 0.15) is 38.8 Å². The second kappa shape index (κ2) is 10.8. The third-order valence-corrected chi connectivity index (χ3v) is 5.71. The number of halogens is 2. The van der Waals surface area contributed by atoms with Gasteiger partial charge in [-0.05, 0) is 57.0 Å². The Labute approximate surface area is 187 Å². The molecule has 1 atom stereocenters. The van der Waals surface area contributed by atoms with E-state index >= 15 is 0 Å². The number of nitrogens with one attached hydrogen (secondary N) is 1. The average molecular weight is 451 g/mol. The molecular weight excluding hydrogens is 423 g/mol. The predicted octanol–water partition coefficient (Wildman–Crippen LogP) is 5.04. The van der Waals surface area contributed by atoms with Crippen LogP contribution in [0.4, 0.5) is 4.39 Å². The highest BCUT2D eigenvalue weighted by atomic mass is 35.5. The molecule has 2 aromatic rings. The van der Waals surface area contributed by atoms with Crippen molar-refractivity contribution < 1.29 is 14.0 Å². The van der Waals surface area contributed by atoms with Crippen LogP contribution >= 0.6 is 23.4 Å². The van der Waals surface area contributed by atoms with E-state index in [-0.39, 0.29) is 29.9 Å². The number of amides is 2. The Hall–Kier alpha value is -2.05. The minimum atomic E-state index is -0.664. The minimum Gasteiger partial charge on any atom is -0.350 e. The Morgan fingerprint density at radius 1 is 1.13 bits per heavy atom. The molecular formula is C23H28ClFN2O2S. The van der Waals surface area contributed by atoms with Crippen LogP contribution in [0.2, 0.25) is 5.02 Å². The summed E-state index contributed by atoms with van der Waals surface area (Å²) in [6, 6.07) is 12.8. The Balaban J connectivity index is 2.10. The summed E-state index contributed by atoms with van der Waals surface area (Å²) < 4.78 is 13.3. The number of carbonyl (C=O) groups is 2. The second-order valence-electron chi connectivity index (χ2n) is 8.15. The van der Waals surface area contributed by atoms with Crippen molar-refractivity contribution in [3.8, 4) is 0 Å². The zero-order chi connectivity index (χ0) is 22.3. The van der Waals surface area contributed by atoms with Gasteiger partial charge in [-0.25, -0.2) is 4.39 Å². The van der Waals surface area contributed by atoms with Crippen LogP contribution in [0.15, 0.2) is 48.5 Å². The molecule has 0 fully saturated rings. The van der Waals surface area contributed by atoms with Gasteiger partial charge >= 0.3 is 0 Å². The van der Waals surface area contributed by atoms with Gasteiger partial charge in [0.25, 0.3) is 0 Å². The monoisotopic (exact) mass is 450 g/mol. The maximum atomic E-state index is 13.3. The average Bonchev–Trinajstić information content (AvgIpc) is 2.67. The van der Waals surface area contributed by atoms with Crippen molar-refractivity contribution in [3.05, 3.63) is 70.5 Å². The molecule has 0 aromatic heterocycles. The highest BCUT2D eigenvalue weighted by Crippen LogP contribution is 2.22. The van der Waals surface area contributed by atoms with Gasteiger partial charge in [-0.2, -0.15) is 0 Å². The van der Waals surface area contributed by atoms with Crippen LogP contribution in [0, 0.1) is 5.82 Å². The molecule has 0 radical (unpaired) electrons. The van der Waals surface area contributed by atoms with E-state index in [9.17, 15) is 14.0 Å². The number of nitrogens with zero attached hydrogens (tertiary/aromatic N) is 1. The second-order valence-corrected chi connectivity index (χ2v) is 9.54. The lowest BCUT2D eigenvalue weighted by molar-refractivity contribution is -0.139. The molecule has 2 rings (SSSR count). The number of carbonyl (C=O) groups excluding carboxylic acids is 2. The van der Waals surface area contributed by atoms with Gasteiger partial charge in [-0.15, -0.1) is 11.8 Å². The number of benzene rings is 2. The highest BCUT2D eigenvalue weighted by molar-refractivity contribution is 7.99. The standard InChI is InChI=1S/C23H28ClFN2O2S/c1-16(22(29)26-23(2,3)4)27(13-17-9-11-19(25)12-10-17)21(28)15-30-14-18-7-5-6-8-20(18)24/h5-12,16H,13-15H2,1-4H3,(H,26,29). The van der Waals surface area contributed by atoms with Crippen molar-refractivity contribution in [2.24, 2.45) is 0 Å². The van der Waals surface area contributed by atoms with Crippen molar-refractivity contribution in [2.45, 2.75) is 51.6 Å². The van der Waals surface area contributed by atoms with Gasteiger partial charge in [0.05, 0.1) is 5.75 Å². The normalized spacial score (nSPS) is 12.3. The van der Waals surface area contributed by atoms with E-state index < -0.39 is 11.6 Å². The van der Waals surface area contributed by atoms with Crippen molar-refractivity contribution in [3.63, 3.8) is 0 Å². The predicted molar refractivity (Wildman–Crippen MR) is 122 cm³/mol. The first-order valence-corrected chi connectivity index (χ1v) is 11.3. The molecule has 162 valence electrons. The maximum Gasteiger partial charge on any atom is 0.242 e. The summed E-state index contributed by atoms with van der Waals surface area (Å²) in [7, 11) is 0. The van der Waals surface area contributed by atoms with E-state index in [1.165, 1.54) is 28.8 Å². The van der Waals surface area contributed by atoms with Gasteiger partial charge in [-0.1, -0.05) is 41.9 Å². The SMILES string of the molecule is CC(C(=O)NC(C)(C)C)N(Cc1ccc(F)cc1)C(=O)CSCc1ccccc1Cl. The molecule has 1 unspecified atom stereocenters. The minimum absolute atomic E-state index is 0.159. The molecule has 30 heavy (non-hydrogen) atoms. The smallest absolute Gasteiger partial charge is 0.242 e. The molecule has 0 heterocycles. The Morgan fingerprint density at radius 3 is 2.37 bits per heavy atom. The number of hydrogen-bond donors (Lipinski definition) is 1. The van der Waals surface area contributed by atoms with E-state index in [1.807, 2.05) is 45.0 Å². The van der Waals surface area contributed by atoms with Gasteiger partial charge < -0.3 is 10.2 Å². The van der Waals surface area contributed by atoms with Crippen LogP contribution in [-0.2, 0) is 21.9 Å². The molecule has 0 aliphatic carbocycles. The number of rotatable bonds is 8. The summed E-state index contributed by atoms with van der Waals surface area (Å²) in [6.07, 6.45) is 0. The fraction of sp³-hybridized carbons (Fsp3) is 0.391. The third kappa shape index (κ3) is 7.65. The molecule has 0 saturated carbocycles. The van der Waals surface area contributed by atoms with Crippen molar-refractivity contribution >= 4 is 35.2 Å². The van der Waals surface area contributed by atoms with Crippen molar-refractivity contribution in [1.82, 2.24) is 10.2 Å². The van der Waals surface area contributed by atoms with Crippen molar-refractivity contribution in [2.75, 3.05) is 5.75 Å². The van der Waals surface area contributed by atoms with Gasteiger partial charge in [0, 0.05) is 22.9 Å². The van der Waals surface area contributed by atoms with Gasteiger partial charge in [0.1, 0.15) is 11.9 Å². The zero-order valence-electron chi connectivity index (χ0n) is 17.7. The lowest BCUT2D eigenvalue weighted by Crippen LogP contribution is -2.52. The fourth-order valence-corrected chi connectivity index (χ4v) is 3.99. The fourth-order valence-electron chi connectivity index (χ4n) is 2.79. The summed E-state index contributed by atoms with van der Waals surface area (Å²) >= 11 is 7.63. The van der Waals surface area contributed by atoms with E-state index in [1.54, 1.807) is 19.1 Å².